The number of nitrogens with one attached hydrogen (secondary N) is 2. The zero-order valence-corrected chi connectivity index (χ0v) is 15.1. The molecule has 1 aromatic heterocycles. The molecule has 5 nitrogen and oxygen atoms in total. The van der Waals surface area contributed by atoms with E-state index in [1.54, 1.807) is 0 Å². The first-order valence-corrected chi connectivity index (χ1v) is 8.63. The molecule has 0 amide bonds. The Morgan fingerprint density at radius 2 is 1.92 bits per heavy atom. The lowest BCUT2D eigenvalue weighted by Crippen LogP contribution is -2.21. The second-order valence-corrected chi connectivity index (χ2v) is 6.95. The molecule has 0 atom stereocenters. The molecule has 0 aliphatic heterocycles. The first-order chi connectivity index (χ1) is 11.5. The third-order valence-electron chi connectivity index (χ3n) is 4.24. The molecule has 1 aromatic carbocycles. The van der Waals surface area contributed by atoms with Gasteiger partial charge in [0.05, 0.1) is 5.69 Å². The summed E-state index contributed by atoms with van der Waals surface area (Å²) in [6.45, 7) is 6.01. The van der Waals surface area contributed by atoms with Crippen molar-refractivity contribution in [2.45, 2.75) is 32.6 Å². The minimum absolute atomic E-state index is 0.599. The van der Waals surface area contributed by atoms with Crippen LogP contribution in [0.1, 0.15) is 35.6 Å². The third-order valence-corrected chi connectivity index (χ3v) is 4.24. The molecule has 1 saturated carbocycles. The van der Waals surface area contributed by atoms with Crippen LogP contribution < -0.4 is 10.6 Å². The average molecular weight is 325 g/mol. The zero-order valence-electron chi connectivity index (χ0n) is 15.1. The molecular formula is C19H27N5. The molecule has 2 N–H and O–H groups in total. The standard InChI is InChI=1S/C19H27N5/c1-13-5-6-14(2)16(11-13)21-18-12-17(15-7-8-15)22-19(23-18)20-9-10-24(3)4/h5-6,11-12,15H,7-10H2,1-4H3,(H2,20,21,22,23). The Balaban J connectivity index is 1.80. The minimum atomic E-state index is 0.599. The van der Waals surface area contributed by atoms with Gasteiger partial charge in [0, 0.05) is 30.8 Å². The van der Waals surface area contributed by atoms with E-state index >= 15 is 0 Å². The van der Waals surface area contributed by atoms with Crippen molar-refractivity contribution in [3.63, 3.8) is 0 Å². The van der Waals surface area contributed by atoms with Gasteiger partial charge in [-0.3, -0.25) is 0 Å². The quantitative estimate of drug-likeness (QED) is 0.813. The van der Waals surface area contributed by atoms with Crippen LogP contribution in [0.5, 0.6) is 0 Å². The van der Waals surface area contributed by atoms with Crippen molar-refractivity contribution >= 4 is 17.5 Å². The second-order valence-electron chi connectivity index (χ2n) is 6.95. The Labute approximate surface area is 144 Å². The molecule has 3 rings (SSSR count). The number of aryl methyl sites for hydroxylation is 2. The largest absolute Gasteiger partial charge is 0.353 e. The van der Waals surface area contributed by atoms with E-state index in [2.05, 4.69) is 72.7 Å². The summed E-state index contributed by atoms with van der Waals surface area (Å²) in [7, 11) is 4.13. The third kappa shape index (κ3) is 4.45. The predicted molar refractivity (Wildman–Crippen MR) is 100 cm³/mol. The lowest BCUT2D eigenvalue weighted by molar-refractivity contribution is 0.425. The Morgan fingerprint density at radius 1 is 1.12 bits per heavy atom. The maximum absolute atomic E-state index is 4.69. The molecule has 128 valence electrons. The normalized spacial score (nSPS) is 14.0. The van der Waals surface area contributed by atoms with Crippen molar-refractivity contribution in [3.05, 3.63) is 41.1 Å². The van der Waals surface area contributed by atoms with E-state index in [4.69, 9.17) is 4.98 Å². The molecule has 0 bridgehead atoms. The molecule has 0 unspecified atom stereocenters. The van der Waals surface area contributed by atoms with Gasteiger partial charge < -0.3 is 15.5 Å². The topological polar surface area (TPSA) is 53.1 Å². The Kier molecular flexibility index (Phi) is 5.00. The highest BCUT2D eigenvalue weighted by Gasteiger charge is 2.26. The van der Waals surface area contributed by atoms with Crippen molar-refractivity contribution in [2.24, 2.45) is 0 Å². The van der Waals surface area contributed by atoms with Crippen LogP contribution in [0.2, 0.25) is 0 Å². The maximum Gasteiger partial charge on any atom is 0.224 e. The lowest BCUT2D eigenvalue weighted by Gasteiger charge is -2.14. The summed E-state index contributed by atoms with van der Waals surface area (Å²) >= 11 is 0. The molecule has 0 radical (unpaired) electrons. The van der Waals surface area contributed by atoms with E-state index in [0.29, 0.717) is 11.9 Å². The van der Waals surface area contributed by atoms with Crippen molar-refractivity contribution < 1.29 is 0 Å². The fourth-order valence-corrected chi connectivity index (χ4v) is 2.60. The van der Waals surface area contributed by atoms with Gasteiger partial charge in [0.2, 0.25) is 5.95 Å². The number of hydrogen-bond donors (Lipinski definition) is 2. The molecule has 2 aromatic rings. The van der Waals surface area contributed by atoms with Gasteiger partial charge in [-0.05, 0) is 58.0 Å². The zero-order chi connectivity index (χ0) is 17.1. The SMILES string of the molecule is Cc1ccc(C)c(Nc2cc(C3CC3)nc(NCCN(C)C)n2)c1. The molecule has 24 heavy (non-hydrogen) atoms. The van der Waals surface area contributed by atoms with Gasteiger partial charge in [0.1, 0.15) is 5.82 Å². The number of benzene rings is 1. The highest BCUT2D eigenvalue weighted by atomic mass is 15.2. The van der Waals surface area contributed by atoms with Gasteiger partial charge in [0.25, 0.3) is 0 Å². The van der Waals surface area contributed by atoms with Gasteiger partial charge in [0.15, 0.2) is 0 Å². The Bertz CT molecular complexity index is 707. The van der Waals surface area contributed by atoms with E-state index < -0.39 is 0 Å². The summed E-state index contributed by atoms with van der Waals surface area (Å²) in [4.78, 5) is 11.5. The van der Waals surface area contributed by atoms with Gasteiger partial charge in [-0.25, -0.2) is 4.98 Å². The average Bonchev–Trinajstić information content (AvgIpc) is 3.35. The maximum atomic E-state index is 4.69. The van der Waals surface area contributed by atoms with Crippen molar-refractivity contribution in [2.75, 3.05) is 37.8 Å². The van der Waals surface area contributed by atoms with E-state index in [-0.39, 0.29) is 0 Å². The number of aromatic nitrogens is 2. The minimum Gasteiger partial charge on any atom is -0.353 e. The monoisotopic (exact) mass is 325 g/mol. The smallest absolute Gasteiger partial charge is 0.224 e. The van der Waals surface area contributed by atoms with Gasteiger partial charge in [-0.1, -0.05) is 12.1 Å². The molecule has 1 heterocycles. The van der Waals surface area contributed by atoms with Crippen molar-refractivity contribution in [1.29, 1.82) is 0 Å². The highest BCUT2D eigenvalue weighted by Crippen LogP contribution is 2.40. The molecular weight excluding hydrogens is 298 g/mol. The molecule has 1 aliphatic carbocycles. The van der Waals surface area contributed by atoms with Crippen molar-refractivity contribution in [1.82, 2.24) is 14.9 Å². The summed E-state index contributed by atoms with van der Waals surface area (Å²) in [6.07, 6.45) is 2.47. The number of nitrogens with zero attached hydrogens (tertiary/aromatic N) is 3. The summed E-state index contributed by atoms with van der Waals surface area (Å²) in [6, 6.07) is 8.52. The number of rotatable bonds is 7. The summed E-state index contributed by atoms with van der Waals surface area (Å²) < 4.78 is 0. The van der Waals surface area contributed by atoms with Crippen LogP contribution in [0, 0.1) is 13.8 Å². The van der Waals surface area contributed by atoms with Crippen molar-refractivity contribution in [3.8, 4) is 0 Å². The molecule has 5 heteroatoms. The summed E-state index contributed by atoms with van der Waals surface area (Å²) in [5.74, 6) is 2.18. The van der Waals surface area contributed by atoms with Crippen LogP contribution in [0.25, 0.3) is 0 Å². The Morgan fingerprint density at radius 3 is 2.62 bits per heavy atom. The van der Waals surface area contributed by atoms with Crippen LogP contribution >= 0.6 is 0 Å². The van der Waals surface area contributed by atoms with E-state index in [0.717, 1.165) is 30.3 Å². The van der Waals surface area contributed by atoms with Crippen LogP contribution in [-0.2, 0) is 0 Å². The van der Waals surface area contributed by atoms with Crippen LogP contribution in [-0.4, -0.2) is 42.1 Å². The number of anilines is 3. The van der Waals surface area contributed by atoms with Crippen LogP contribution in [0.3, 0.4) is 0 Å². The molecule has 1 fully saturated rings. The predicted octanol–water partition coefficient (Wildman–Crippen LogP) is 3.69. The number of likely N-dealkylation sites (N-methyl/N-ethyl adjacent to an activating group) is 1. The van der Waals surface area contributed by atoms with Gasteiger partial charge in [-0.15, -0.1) is 0 Å². The fraction of sp³-hybridized carbons (Fsp3) is 0.474. The Hall–Kier alpha value is -2.14. The van der Waals surface area contributed by atoms with E-state index in [9.17, 15) is 0 Å². The molecule has 1 aliphatic rings. The first kappa shape index (κ1) is 16.7. The van der Waals surface area contributed by atoms with Crippen LogP contribution in [0.15, 0.2) is 24.3 Å². The second kappa shape index (κ2) is 7.18. The fourth-order valence-electron chi connectivity index (χ4n) is 2.60. The van der Waals surface area contributed by atoms with Gasteiger partial charge >= 0.3 is 0 Å². The molecule has 0 spiro atoms. The summed E-state index contributed by atoms with van der Waals surface area (Å²) in [5.41, 5.74) is 4.71. The van der Waals surface area contributed by atoms with Crippen LogP contribution in [0.4, 0.5) is 17.5 Å². The van der Waals surface area contributed by atoms with Gasteiger partial charge in [-0.2, -0.15) is 4.98 Å². The van der Waals surface area contributed by atoms with E-state index in [1.807, 2.05) is 0 Å². The van der Waals surface area contributed by atoms with E-state index in [1.165, 1.54) is 24.0 Å². The first-order valence-electron chi connectivity index (χ1n) is 8.63. The number of hydrogen-bond acceptors (Lipinski definition) is 5. The summed E-state index contributed by atoms with van der Waals surface area (Å²) in [5, 5.41) is 6.82. The highest BCUT2D eigenvalue weighted by molar-refractivity contribution is 5.62. The lowest BCUT2D eigenvalue weighted by atomic mass is 10.1. The molecule has 0 saturated heterocycles.